The molecule has 0 aliphatic heterocycles. The molecule has 4 nitrogen and oxygen atoms in total. The van der Waals surface area contributed by atoms with E-state index in [-0.39, 0.29) is 17.5 Å². The van der Waals surface area contributed by atoms with E-state index in [9.17, 15) is 4.79 Å². The van der Waals surface area contributed by atoms with Crippen molar-refractivity contribution in [1.29, 1.82) is 5.26 Å². The summed E-state index contributed by atoms with van der Waals surface area (Å²) in [6, 6.07) is 14.6. The largest absolute Gasteiger partial charge is 0.307 e. The number of hydrogen-bond acceptors (Lipinski definition) is 3. The van der Waals surface area contributed by atoms with E-state index in [1.165, 1.54) is 0 Å². The maximum absolute atomic E-state index is 12.7. The van der Waals surface area contributed by atoms with Crippen molar-refractivity contribution in [2.75, 3.05) is 11.4 Å². The number of para-hydroxylation sites is 1. The molecule has 5 heteroatoms. The summed E-state index contributed by atoms with van der Waals surface area (Å²) in [7, 11) is 0. The molecule has 1 heterocycles. The average Bonchev–Trinajstić information content (AvgIpc) is 2.47. The van der Waals surface area contributed by atoms with E-state index in [1.807, 2.05) is 30.3 Å². The monoisotopic (exact) mass is 299 g/mol. The Morgan fingerprint density at radius 3 is 2.67 bits per heavy atom. The Bertz CT molecular complexity index is 659. The molecule has 1 aromatic heterocycles. The second-order valence-corrected chi connectivity index (χ2v) is 4.91. The number of pyridine rings is 1. The molecule has 0 saturated carbocycles. The van der Waals surface area contributed by atoms with Gasteiger partial charge in [0.25, 0.3) is 5.91 Å². The molecule has 2 aromatic rings. The Morgan fingerprint density at radius 2 is 2.05 bits per heavy atom. The molecule has 0 bridgehead atoms. The molecule has 0 radical (unpaired) electrons. The zero-order valence-electron chi connectivity index (χ0n) is 11.6. The highest BCUT2D eigenvalue weighted by molar-refractivity contribution is 6.29. The Balaban J connectivity index is 2.36. The van der Waals surface area contributed by atoms with Gasteiger partial charge in [0.05, 0.1) is 12.5 Å². The first-order valence-electron chi connectivity index (χ1n) is 6.50. The third-order valence-electron chi connectivity index (χ3n) is 2.93. The fourth-order valence-corrected chi connectivity index (χ4v) is 2.28. The topological polar surface area (TPSA) is 57.0 Å². The van der Waals surface area contributed by atoms with Gasteiger partial charge in [0.15, 0.2) is 0 Å². The summed E-state index contributed by atoms with van der Waals surface area (Å²) >= 11 is 5.92. The van der Waals surface area contributed by atoms with Crippen molar-refractivity contribution in [2.45, 2.75) is 13.3 Å². The van der Waals surface area contributed by atoms with Gasteiger partial charge >= 0.3 is 0 Å². The SMILES string of the molecule is Cc1cc(C(=O)N(CCC#N)c2ccccc2)cc(Cl)n1. The Kier molecular flexibility index (Phi) is 4.91. The van der Waals surface area contributed by atoms with E-state index >= 15 is 0 Å². The first kappa shape index (κ1) is 15.0. The van der Waals surface area contributed by atoms with Crippen molar-refractivity contribution in [3.05, 3.63) is 58.9 Å². The molecule has 0 N–H and O–H groups in total. The van der Waals surface area contributed by atoms with Crippen LogP contribution in [0.15, 0.2) is 42.5 Å². The van der Waals surface area contributed by atoms with Gasteiger partial charge in [-0.3, -0.25) is 4.79 Å². The summed E-state index contributed by atoms with van der Waals surface area (Å²) < 4.78 is 0. The molecule has 0 aliphatic carbocycles. The minimum Gasteiger partial charge on any atom is -0.307 e. The predicted octanol–water partition coefficient (Wildman–Crippen LogP) is 3.60. The van der Waals surface area contributed by atoms with Crippen LogP contribution >= 0.6 is 11.6 Å². The minimum atomic E-state index is -0.191. The van der Waals surface area contributed by atoms with E-state index in [2.05, 4.69) is 11.1 Å². The Labute approximate surface area is 128 Å². The number of anilines is 1. The number of hydrogen-bond donors (Lipinski definition) is 0. The van der Waals surface area contributed by atoms with Gasteiger partial charge < -0.3 is 4.90 Å². The highest BCUT2D eigenvalue weighted by Gasteiger charge is 2.18. The number of amides is 1. The molecular weight excluding hydrogens is 286 g/mol. The van der Waals surface area contributed by atoms with Crippen molar-refractivity contribution in [3.63, 3.8) is 0 Å². The molecule has 0 fully saturated rings. The smallest absolute Gasteiger partial charge is 0.258 e. The number of carbonyl (C=O) groups excluding carboxylic acids is 1. The van der Waals surface area contributed by atoms with E-state index < -0.39 is 0 Å². The average molecular weight is 300 g/mol. The van der Waals surface area contributed by atoms with Crippen LogP contribution in [-0.2, 0) is 0 Å². The molecule has 0 aliphatic rings. The lowest BCUT2D eigenvalue weighted by Crippen LogP contribution is -2.31. The lowest BCUT2D eigenvalue weighted by molar-refractivity contribution is 0.0987. The van der Waals surface area contributed by atoms with Crippen LogP contribution in [0, 0.1) is 18.3 Å². The van der Waals surface area contributed by atoms with Crippen LogP contribution in [0.1, 0.15) is 22.5 Å². The molecule has 2 rings (SSSR count). The summed E-state index contributed by atoms with van der Waals surface area (Å²) in [5.41, 5.74) is 1.90. The Morgan fingerprint density at radius 1 is 1.33 bits per heavy atom. The van der Waals surface area contributed by atoms with E-state index in [4.69, 9.17) is 16.9 Å². The zero-order valence-corrected chi connectivity index (χ0v) is 12.3. The van der Waals surface area contributed by atoms with Crippen molar-refractivity contribution < 1.29 is 4.79 Å². The van der Waals surface area contributed by atoms with Gasteiger partial charge in [-0.2, -0.15) is 5.26 Å². The molecule has 1 aromatic carbocycles. The van der Waals surface area contributed by atoms with Gasteiger partial charge in [-0.15, -0.1) is 0 Å². The number of halogens is 1. The molecule has 1 amide bonds. The number of nitriles is 1. The van der Waals surface area contributed by atoms with Gasteiger partial charge in [0.1, 0.15) is 5.15 Å². The van der Waals surface area contributed by atoms with Crippen LogP contribution in [0.25, 0.3) is 0 Å². The second-order valence-electron chi connectivity index (χ2n) is 4.52. The molecule has 0 unspecified atom stereocenters. The maximum atomic E-state index is 12.7. The number of benzene rings is 1. The summed E-state index contributed by atoms with van der Waals surface area (Å²) in [5, 5.41) is 9.07. The number of aromatic nitrogens is 1. The summed E-state index contributed by atoms with van der Waals surface area (Å²) in [6.45, 7) is 2.11. The molecule has 0 saturated heterocycles. The summed E-state index contributed by atoms with van der Waals surface area (Å²) in [6.07, 6.45) is 0.262. The number of carbonyl (C=O) groups is 1. The van der Waals surface area contributed by atoms with E-state index in [0.717, 1.165) is 5.69 Å². The molecular formula is C16H14ClN3O. The summed E-state index contributed by atoms with van der Waals surface area (Å²) in [4.78, 5) is 18.3. The van der Waals surface area contributed by atoms with Gasteiger partial charge in [-0.1, -0.05) is 29.8 Å². The van der Waals surface area contributed by atoms with Gasteiger partial charge in [-0.05, 0) is 31.2 Å². The highest BCUT2D eigenvalue weighted by Crippen LogP contribution is 2.19. The second kappa shape index (κ2) is 6.87. The molecule has 21 heavy (non-hydrogen) atoms. The molecule has 106 valence electrons. The minimum absolute atomic E-state index is 0.191. The fraction of sp³-hybridized carbons (Fsp3) is 0.188. The van der Waals surface area contributed by atoms with Crippen molar-refractivity contribution in [3.8, 4) is 6.07 Å². The first-order valence-corrected chi connectivity index (χ1v) is 6.87. The third-order valence-corrected chi connectivity index (χ3v) is 3.12. The van der Waals surface area contributed by atoms with E-state index in [1.54, 1.807) is 24.0 Å². The van der Waals surface area contributed by atoms with Crippen LogP contribution in [0.5, 0.6) is 0 Å². The number of rotatable bonds is 4. The van der Waals surface area contributed by atoms with Crippen LogP contribution in [0.3, 0.4) is 0 Å². The van der Waals surface area contributed by atoms with E-state index in [0.29, 0.717) is 17.8 Å². The molecule has 0 atom stereocenters. The lowest BCUT2D eigenvalue weighted by atomic mass is 10.1. The third kappa shape index (κ3) is 3.80. The van der Waals surface area contributed by atoms with Crippen LogP contribution < -0.4 is 4.90 Å². The van der Waals surface area contributed by atoms with Gasteiger partial charge in [0, 0.05) is 23.5 Å². The quantitative estimate of drug-likeness (QED) is 0.810. The van der Waals surface area contributed by atoms with Gasteiger partial charge in [0.2, 0.25) is 0 Å². The predicted molar refractivity (Wildman–Crippen MR) is 82.3 cm³/mol. The fourth-order valence-electron chi connectivity index (χ4n) is 2.03. The summed E-state index contributed by atoms with van der Waals surface area (Å²) in [5.74, 6) is -0.191. The van der Waals surface area contributed by atoms with Crippen molar-refractivity contribution >= 4 is 23.2 Å². The number of aryl methyl sites for hydroxylation is 1. The molecule has 0 spiro atoms. The van der Waals surface area contributed by atoms with Crippen molar-refractivity contribution in [2.24, 2.45) is 0 Å². The van der Waals surface area contributed by atoms with Crippen LogP contribution in [0.4, 0.5) is 5.69 Å². The van der Waals surface area contributed by atoms with Crippen LogP contribution in [0.2, 0.25) is 5.15 Å². The normalized spacial score (nSPS) is 9.95. The highest BCUT2D eigenvalue weighted by atomic mass is 35.5. The standard InChI is InChI=1S/C16H14ClN3O/c1-12-10-13(11-15(17)19-12)16(21)20(9-5-8-18)14-6-3-2-4-7-14/h2-4,6-7,10-11H,5,9H2,1H3. The number of nitrogens with zero attached hydrogens (tertiary/aromatic N) is 3. The first-order chi connectivity index (χ1) is 10.1. The zero-order chi connectivity index (χ0) is 15.2. The lowest BCUT2D eigenvalue weighted by Gasteiger charge is -2.22. The van der Waals surface area contributed by atoms with Gasteiger partial charge in [-0.25, -0.2) is 4.98 Å². The van der Waals surface area contributed by atoms with Crippen molar-refractivity contribution in [1.82, 2.24) is 4.98 Å². The Hall–Kier alpha value is -2.38. The maximum Gasteiger partial charge on any atom is 0.258 e. The van der Waals surface area contributed by atoms with Crippen LogP contribution in [-0.4, -0.2) is 17.4 Å².